The Bertz CT molecular complexity index is 957. The number of ether oxygens (including phenoxy) is 3. The first kappa shape index (κ1) is 23.3. The number of amides is 1. The molecule has 0 saturated heterocycles. The van der Waals surface area contributed by atoms with E-state index < -0.39 is 30.4 Å². The fourth-order valence-electron chi connectivity index (χ4n) is 2.32. The molecule has 1 amide bonds. The van der Waals surface area contributed by atoms with E-state index in [1.807, 2.05) is 0 Å². The number of anilines is 1. The molecule has 9 nitrogen and oxygen atoms in total. The van der Waals surface area contributed by atoms with Crippen LogP contribution in [0.2, 0.25) is 5.15 Å². The van der Waals surface area contributed by atoms with Crippen LogP contribution in [0.25, 0.3) is 0 Å². The topological polar surface area (TPSA) is 121 Å². The van der Waals surface area contributed by atoms with Crippen LogP contribution in [-0.2, 0) is 19.0 Å². The van der Waals surface area contributed by atoms with Crippen molar-refractivity contribution in [3.63, 3.8) is 0 Å². The van der Waals surface area contributed by atoms with Gasteiger partial charge in [-0.25, -0.2) is 19.4 Å². The number of aromatic nitrogens is 1. The van der Waals surface area contributed by atoms with Gasteiger partial charge in [0.1, 0.15) is 15.0 Å². The van der Waals surface area contributed by atoms with Crippen LogP contribution < -0.4 is 5.32 Å². The van der Waals surface area contributed by atoms with Crippen molar-refractivity contribution in [1.82, 2.24) is 4.98 Å². The summed E-state index contributed by atoms with van der Waals surface area (Å²) < 4.78 is 14.9. The summed E-state index contributed by atoms with van der Waals surface area (Å²) in [5.41, 5.74) is 0.499. The number of thiophene rings is 1. The lowest BCUT2D eigenvalue weighted by Crippen LogP contribution is -2.21. The molecular weight excluding hydrogens is 436 g/mol. The van der Waals surface area contributed by atoms with Crippen LogP contribution in [0.5, 0.6) is 0 Å². The largest absolute Gasteiger partial charge is 0.462 e. The summed E-state index contributed by atoms with van der Waals surface area (Å²) >= 11 is 6.53. The summed E-state index contributed by atoms with van der Waals surface area (Å²) in [5, 5.41) is 2.79. The van der Waals surface area contributed by atoms with Gasteiger partial charge in [0, 0.05) is 6.20 Å². The Kier molecular flexibility index (Phi) is 8.31. The monoisotopic (exact) mass is 454 g/mol. The van der Waals surface area contributed by atoms with Gasteiger partial charge in [-0.2, -0.15) is 0 Å². The predicted octanol–water partition coefficient (Wildman–Crippen LogP) is 3.25. The minimum absolute atomic E-state index is 0.0477. The van der Waals surface area contributed by atoms with Crippen molar-refractivity contribution in [2.75, 3.05) is 25.1 Å². The van der Waals surface area contributed by atoms with Gasteiger partial charge in [-0.05, 0) is 38.5 Å². The van der Waals surface area contributed by atoms with E-state index in [0.717, 1.165) is 11.3 Å². The van der Waals surface area contributed by atoms with Crippen LogP contribution >= 0.6 is 22.9 Å². The maximum Gasteiger partial charge on any atom is 0.348 e. The molecule has 2 aromatic heterocycles. The lowest BCUT2D eigenvalue weighted by atomic mass is 10.1. The maximum atomic E-state index is 12.3. The quantitative estimate of drug-likeness (QED) is 0.366. The Labute approximate surface area is 181 Å². The molecule has 2 heterocycles. The molecule has 0 unspecified atom stereocenters. The zero-order chi connectivity index (χ0) is 22.3. The molecule has 0 aliphatic rings. The number of nitrogens with zero attached hydrogens (tertiary/aromatic N) is 1. The molecule has 0 atom stereocenters. The molecule has 0 aromatic carbocycles. The number of esters is 3. The second kappa shape index (κ2) is 10.7. The summed E-state index contributed by atoms with van der Waals surface area (Å²) in [6.45, 7) is 4.49. The molecule has 0 saturated carbocycles. The summed E-state index contributed by atoms with van der Waals surface area (Å²) in [6.07, 6.45) is 1.22. The van der Waals surface area contributed by atoms with Crippen LogP contribution in [0.3, 0.4) is 0 Å². The van der Waals surface area contributed by atoms with Gasteiger partial charge in [0.2, 0.25) is 0 Å². The highest BCUT2D eigenvalue weighted by atomic mass is 35.5. The second-order valence-electron chi connectivity index (χ2n) is 5.70. The Morgan fingerprint density at radius 1 is 1.03 bits per heavy atom. The molecule has 0 spiro atoms. The molecule has 0 bridgehead atoms. The number of carbonyl (C=O) groups excluding carboxylic acids is 4. The minimum atomic E-state index is -0.769. The van der Waals surface area contributed by atoms with Gasteiger partial charge >= 0.3 is 17.9 Å². The first-order valence-electron chi connectivity index (χ1n) is 8.84. The average molecular weight is 455 g/mol. The van der Waals surface area contributed by atoms with Crippen molar-refractivity contribution in [2.24, 2.45) is 0 Å². The third kappa shape index (κ3) is 5.77. The first-order valence-corrected chi connectivity index (χ1v) is 10.0. The highest BCUT2D eigenvalue weighted by molar-refractivity contribution is 7.18. The van der Waals surface area contributed by atoms with Gasteiger partial charge in [-0.1, -0.05) is 11.6 Å². The van der Waals surface area contributed by atoms with E-state index in [-0.39, 0.29) is 39.4 Å². The van der Waals surface area contributed by atoms with Gasteiger partial charge < -0.3 is 19.5 Å². The smallest absolute Gasteiger partial charge is 0.348 e. The predicted molar refractivity (Wildman–Crippen MR) is 109 cm³/mol. The summed E-state index contributed by atoms with van der Waals surface area (Å²) in [7, 11) is 0. The molecule has 30 heavy (non-hydrogen) atoms. The highest BCUT2D eigenvalue weighted by Gasteiger charge is 2.27. The molecule has 1 N–H and O–H groups in total. The molecule has 0 radical (unpaired) electrons. The summed E-state index contributed by atoms with van der Waals surface area (Å²) in [5.74, 6) is -2.78. The standard InChI is InChI=1S/C19H19ClN2O7S/c1-4-27-18(25)14-10(3)15(19(26)28-5-2)30-16(14)22-13(23)9-29-17(24)11-6-7-12(20)21-8-11/h6-8H,4-5,9H2,1-3H3,(H,22,23). The summed E-state index contributed by atoms with van der Waals surface area (Å²) in [4.78, 5) is 52.6. The fourth-order valence-corrected chi connectivity index (χ4v) is 3.53. The highest BCUT2D eigenvalue weighted by Crippen LogP contribution is 2.34. The first-order chi connectivity index (χ1) is 14.3. The number of hydrogen-bond donors (Lipinski definition) is 1. The lowest BCUT2D eigenvalue weighted by Gasteiger charge is -2.08. The molecular formula is C19H19ClN2O7S. The minimum Gasteiger partial charge on any atom is -0.462 e. The van der Waals surface area contributed by atoms with Crippen LogP contribution in [0.4, 0.5) is 5.00 Å². The Morgan fingerprint density at radius 3 is 2.30 bits per heavy atom. The van der Waals surface area contributed by atoms with Crippen molar-refractivity contribution in [2.45, 2.75) is 20.8 Å². The van der Waals surface area contributed by atoms with E-state index in [9.17, 15) is 19.2 Å². The Morgan fingerprint density at radius 2 is 1.70 bits per heavy atom. The summed E-state index contributed by atoms with van der Waals surface area (Å²) in [6, 6.07) is 2.82. The Hall–Kier alpha value is -2.98. The molecule has 160 valence electrons. The number of carbonyl (C=O) groups is 4. The number of nitrogens with one attached hydrogen (secondary N) is 1. The Balaban J connectivity index is 2.14. The number of pyridine rings is 1. The maximum absolute atomic E-state index is 12.3. The molecule has 0 fully saturated rings. The second-order valence-corrected chi connectivity index (χ2v) is 7.10. The molecule has 11 heteroatoms. The van der Waals surface area contributed by atoms with Crippen molar-refractivity contribution >= 4 is 51.8 Å². The van der Waals surface area contributed by atoms with Gasteiger partial charge in [0.05, 0.1) is 24.3 Å². The van der Waals surface area contributed by atoms with Crippen molar-refractivity contribution in [3.8, 4) is 0 Å². The fraction of sp³-hybridized carbons (Fsp3) is 0.316. The van der Waals surface area contributed by atoms with Gasteiger partial charge in [0.25, 0.3) is 5.91 Å². The van der Waals surface area contributed by atoms with E-state index in [4.69, 9.17) is 25.8 Å². The SMILES string of the molecule is CCOC(=O)c1sc(NC(=O)COC(=O)c2ccc(Cl)nc2)c(C(=O)OCC)c1C. The van der Waals surface area contributed by atoms with Gasteiger partial charge in [-0.15, -0.1) is 11.3 Å². The number of rotatable bonds is 8. The molecule has 0 aliphatic heterocycles. The van der Waals surface area contributed by atoms with Crippen LogP contribution in [0, 0.1) is 6.92 Å². The van der Waals surface area contributed by atoms with E-state index in [2.05, 4.69) is 10.3 Å². The molecule has 0 aliphatic carbocycles. The van der Waals surface area contributed by atoms with E-state index in [1.54, 1.807) is 20.8 Å². The van der Waals surface area contributed by atoms with Gasteiger partial charge in [-0.3, -0.25) is 4.79 Å². The third-order valence-electron chi connectivity index (χ3n) is 3.64. The lowest BCUT2D eigenvalue weighted by molar-refractivity contribution is -0.119. The zero-order valence-corrected chi connectivity index (χ0v) is 18.0. The normalized spacial score (nSPS) is 10.3. The van der Waals surface area contributed by atoms with Crippen molar-refractivity contribution < 1.29 is 33.4 Å². The molecule has 2 rings (SSSR count). The van der Waals surface area contributed by atoms with Crippen molar-refractivity contribution in [3.05, 3.63) is 45.1 Å². The van der Waals surface area contributed by atoms with Gasteiger partial charge in [0.15, 0.2) is 6.61 Å². The number of halogens is 1. The van der Waals surface area contributed by atoms with E-state index in [1.165, 1.54) is 18.3 Å². The third-order valence-corrected chi connectivity index (χ3v) is 5.05. The van der Waals surface area contributed by atoms with Crippen LogP contribution in [0.15, 0.2) is 18.3 Å². The zero-order valence-electron chi connectivity index (χ0n) is 16.4. The molecule has 2 aromatic rings. The van der Waals surface area contributed by atoms with Crippen LogP contribution in [-0.4, -0.2) is 48.6 Å². The van der Waals surface area contributed by atoms with Crippen molar-refractivity contribution in [1.29, 1.82) is 0 Å². The van der Waals surface area contributed by atoms with E-state index in [0.29, 0.717) is 5.56 Å². The number of hydrogen-bond acceptors (Lipinski definition) is 9. The van der Waals surface area contributed by atoms with Crippen LogP contribution in [0.1, 0.15) is 49.8 Å². The average Bonchev–Trinajstić information content (AvgIpc) is 3.03. The van der Waals surface area contributed by atoms with E-state index >= 15 is 0 Å².